The van der Waals surface area contributed by atoms with Gasteiger partial charge in [-0.25, -0.2) is 4.98 Å². The molecule has 4 rings (SSSR count). The molecular weight excluding hydrogens is 280 g/mol. The van der Waals surface area contributed by atoms with Crippen LogP contribution in [0.1, 0.15) is 68.6 Å². The van der Waals surface area contributed by atoms with E-state index in [1.165, 1.54) is 56.2 Å². The van der Waals surface area contributed by atoms with Crippen LogP contribution in [0.4, 0.5) is 5.13 Å². The van der Waals surface area contributed by atoms with Crippen molar-refractivity contribution in [3.05, 3.63) is 11.1 Å². The summed E-state index contributed by atoms with van der Waals surface area (Å²) in [5.41, 5.74) is 0. The van der Waals surface area contributed by atoms with Crippen LogP contribution < -0.4 is 4.90 Å². The lowest BCUT2D eigenvalue weighted by Crippen LogP contribution is -2.26. The minimum atomic E-state index is 0.292. The van der Waals surface area contributed by atoms with Gasteiger partial charge in [0.05, 0.1) is 0 Å². The van der Waals surface area contributed by atoms with Gasteiger partial charge in [-0.3, -0.25) is 9.69 Å². The molecule has 0 N–H and O–H groups in total. The lowest BCUT2D eigenvalue weighted by molar-refractivity contribution is -0.121. The first-order valence-corrected chi connectivity index (χ1v) is 9.41. The van der Waals surface area contributed by atoms with Gasteiger partial charge >= 0.3 is 0 Å². The number of carbonyl (C=O) groups is 1. The zero-order valence-corrected chi connectivity index (χ0v) is 13.4. The molecule has 0 radical (unpaired) electrons. The van der Waals surface area contributed by atoms with Crippen LogP contribution >= 0.6 is 11.3 Å². The maximum absolute atomic E-state index is 12.6. The standard InChI is InChI=1S/C17H24N2OS/c20-16-14-9-5-4-8-13(14)11-19(16)17-18-10-15(21-17)12-6-2-1-3-7-12/h10,12-14H,1-9,11H2/t13-,14-/m0/s1. The molecule has 21 heavy (non-hydrogen) atoms. The number of fused-ring (bicyclic) bond motifs is 1. The Balaban J connectivity index is 1.51. The molecule has 4 heteroatoms. The third-order valence-corrected chi connectivity index (χ3v) is 6.84. The summed E-state index contributed by atoms with van der Waals surface area (Å²) in [7, 11) is 0. The van der Waals surface area contributed by atoms with E-state index in [1.54, 1.807) is 11.3 Å². The molecule has 3 fully saturated rings. The molecule has 1 aromatic heterocycles. The Bertz CT molecular complexity index is 521. The minimum Gasteiger partial charge on any atom is -0.288 e. The van der Waals surface area contributed by atoms with E-state index in [9.17, 15) is 4.79 Å². The third-order valence-electron chi connectivity index (χ3n) is 5.66. The van der Waals surface area contributed by atoms with E-state index < -0.39 is 0 Å². The smallest absolute Gasteiger partial charge is 0.232 e. The van der Waals surface area contributed by atoms with E-state index in [2.05, 4.69) is 4.98 Å². The van der Waals surface area contributed by atoms with Crippen molar-refractivity contribution in [3.8, 4) is 0 Å². The summed E-state index contributed by atoms with van der Waals surface area (Å²) in [4.78, 5) is 20.6. The zero-order chi connectivity index (χ0) is 14.2. The summed E-state index contributed by atoms with van der Waals surface area (Å²) < 4.78 is 0. The first-order chi connectivity index (χ1) is 10.3. The summed E-state index contributed by atoms with van der Waals surface area (Å²) in [6.07, 6.45) is 13.6. The van der Waals surface area contributed by atoms with Crippen molar-refractivity contribution in [2.45, 2.75) is 63.7 Å². The number of thiazole rings is 1. The van der Waals surface area contributed by atoms with Crippen molar-refractivity contribution in [2.75, 3.05) is 11.4 Å². The summed E-state index contributed by atoms with van der Waals surface area (Å²) >= 11 is 1.78. The van der Waals surface area contributed by atoms with Crippen LogP contribution in [-0.4, -0.2) is 17.4 Å². The minimum absolute atomic E-state index is 0.292. The van der Waals surface area contributed by atoms with Gasteiger partial charge in [-0.1, -0.05) is 32.1 Å². The van der Waals surface area contributed by atoms with Gasteiger partial charge in [-0.05, 0) is 37.5 Å². The van der Waals surface area contributed by atoms with Gasteiger partial charge in [0.1, 0.15) is 0 Å². The molecule has 1 saturated heterocycles. The Morgan fingerprint density at radius 1 is 1.05 bits per heavy atom. The van der Waals surface area contributed by atoms with E-state index in [4.69, 9.17) is 0 Å². The second kappa shape index (κ2) is 5.71. The van der Waals surface area contributed by atoms with Crippen molar-refractivity contribution in [1.29, 1.82) is 0 Å². The predicted octanol–water partition coefficient (Wildman–Crippen LogP) is 4.34. The lowest BCUT2D eigenvalue weighted by atomic mass is 9.81. The second-order valence-corrected chi connectivity index (χ2v) is 8.02. The van der Waals surface area contributed by atoms with Crippen LogP contribution in [0.25, 0.3) is 0 Å². The number of nitrogens with zero attached hydrogens (tertiary/aromatic N) is 2. The molecule has 2 atom stereocenters. The maximum Gasteiger partial charge on any atom is 0.232 e. The molecular formula is C17H24N2OS. The molecule has 3 aliphatic rings. The van der Waals surface area contributed by atoms with Gasteiger partial charge in [-0.2, -0.15) is 0 Å². The lowest BCUT2D eigenvalue weighted by Gasteiger charge is -2.21. The fourth-order valence-corrected chi connectivity index (χ4v) is 5.52. The second-order valence-electron chi connectivity index (χ2n) is 6.98. The highest BCUT2D eigenvalue weighted by Crippen LogP contribution is 2.42. The number of anilines is 1. The van der Waals surface area contributed by atoms with E-state index in [1.807, 2.05) is 11.1 Å². The van der Waals surface area contributed by atoms with E-state index >= 15 is 0 Å². The Labute approximate surface area is 130 Å². The largest absolute Gasteiger partial charge is 0.288 e. The van der Waals surface area contributed by atoms with Crippen LogP contribution in [0.5, 0.6) is 0 Å². The van der Waals surface area contributed by atoms with E-state index in [0.717, 1.165) is 18.1 Å². The SMILES string of the molecule is O=C1[C@H]2CCCC[C@H]2CN1c1ncc(C2CCCCC2)s1. The highest BCUT2D eigenvalue weighted by atomic mass is 32.1. The maximum atomic E-state index is 12.6. The molecule has 1 aromatic rings. The van der Waals surface area contributed by atoms with Crippen LogP contribution in [0.15, 0.2) is 6.20 Å². The quantitative estimate of drug-likeness (QED) is 0.814. The number of hydrogen-bond acceptors (Lipinski definition) is 3. The molecule has 2 aliphatic carbocycles. The summed E-state index contributed by atoms with van der Waals surface area (Å²) in [6.45, 7) is 0.918. The van der Waals surface area contributed by atoms with Crippen molar-refractivity contribution in [3.63, 3.8) is 0 Å². The average Bonchev–Trinajstić information content (AvgIpc) is 3.14. The van der Waals surface area contributed by atoms with Crippen molar-refractivity contribution >= 4 is 22.4 Å². The first-order valence-electron chi connectivity index (χ1n) is 8.60. The fraction of sp³-hybridized carbons (Fsp3) is 0.765. The molecule has 1 aliphatic heterocycles. The normalized spacial score (nSPS) is 30.7. The molecule has 0 unspecified atom stereocenters. The average molecular weight is 304 g/mol. The number of carbonyl (C=O) groups excluding carboxylic acids is 1. The van der Waals surface area contributed by atoms with Crippen molar-refractivity contribution in [2.24, 2.45) is 11.8 Å². The van der Waals surface area contributed by atoms with Gasteiger partial charge in [0.2, 0.25) is 5.91 Å². The van der Waals surface area contributed by atoms with E-state index in [-0.39, 0.29) is 0 Å². The highest BCUT2D eigenvalue weighted by Gasteiger charge is 2.42. The van der Waals surface area contributed by atoms with Crippen molar-refractivity contribution < 1.29 is 4.79 Å². The first kappa shape index (κ1) is 13.7. The number of hydrogen-bond donors (Lipinski definition) is 0. The molecule has 2 saturated carbocycles. The van der Waals surface area contributed by atoms with Gasteiger partial charge in [0.25, 0.3) is 0 Å². The van der Waals surface area contributed by atoms with Crippen molar-refractivity contribution in [1.82, 2.24) is 4.98 Å². The number of aromatic nitrogens is 1. The van der Waals surface area contributed by atoms with Gasteiger partial charge in [0.15, 0.2) is 5.13 Å². The molecule has 0 spiro atoms. The number of amides is 1. The van der Waals surface area contributed by atoms with Crippen LogP contribution in [0.3, 0.4) is 0 Å². The fourth-order valence-electron chi connectivity index (χ4n) is 4.43. The van der Waals surface area contributed by atoms with Crippen LogP contribution in [0, 0.1) is 11.8 Å². The molecule has 3 nitrogen and oxygen atoms in total. The van der Waals surface area contributed by atoms with Gasteiger partial charge < -0.3 is 0 Å². The Hall–Kier alpha value is -0.900. The Morgan fingerprint density at radius 2 is 1.81 bits per heavy atom. The van der Waals surface area contributed by atoms with E-state index in [0.29, 0.717) is 23.7 Å². The molecule has 0 aromatic carbocycles. The molecule has 2 heterocycles. The number of rotatable bonds is 2. The molecule has 114 valence electrons. The van der Waals surface area contributed by atoms with Crippen LogP contribution in [0.2, 0.25) is 0 Å². The van der Waals surface area contributed by atoms with Gasteiger partial charge in [0, 0.05) is 23.5 Å². The monoisotopic (exact) mass is 304 g/mol. The predicted molar refractivity (Wildman–Crippen MR) is 85.7 cm³/mol. The zero-order valence-electron chi connectivity index (χ0n) is 12.6. The van der Waals surface area contributed by atoms with Crippen LogP contribution in [-0.2, 0) is 4.79 Å². The third kappa shape index (κ3) is 2.52. The Morgan fingerprint density at radius 3 is 2.62 bits per heavy atom. The Kier molecular flexibility index (Phi) is 3.74. The van der Waals surface area contributed by atoms with Gasteiger partial charge in [-0.15, -0.1) is 11.3 Å². The topological polar surface area (TPSA) is 33.2 Å². The highest BCUT2D eigenvalue weighted by molar-refractivity contribution is 7.15. The molecule has 1 amide bonds. The summed E-state index contributed by atoms with van der Waals surface area (Å²) in [5, 5.41) is 0.968. The summed E-state index contributed by atoms with van der Waals surface area (Å²) in [6, 6.07) is 0. The summed E-state index contributed by atoms with van der Waals surface area (Å²) in [5.74, 6) is 1.93. The molecule has 0 bridgehead atoms.